The van der Waals surface area contributed by atoms with Gasteiger partial charge in [0, 0.05) is 4.88 Å². The number of halogens is 1. The van der Waals surface area contributed by atoms with Gasteiger partial charge in [0.05, 0.1) is 10.9 Å². The second kappa shape index (κ2) is 6.36. The minimum atomic E-state index is -0.794. The number of nitrogens with one attached hydrogen (secondary N) is 1. The first-order valence-corrected chi connectivity index (χ1v) is 8.48. The fourth-order valence-electron chi connectivity index (χ4n) is 2.61. The zero-order valence-electron chi connectivity index (χ0n) is 12.6. The molecule has 2 heterocycles. The Labute approximate surface area is 134 Å². The molecule has 1 aliphatic rings. The fraction of sp³-hybridized carbons (Fsp3) is 0.600. The number of nitrogens with zero attached hydrogens (tertiary/aromatic N) is 1. The minimum Gasteiger partial charge on any atom is -0.342 e. The Morgan fingerprint density at radius 1 is 1.38 bits per heavy atom. The predicted molar refractivity (Wildman–Crippen MR) is 85.4 cm³/mol. The smallest absolute Gasteiger partial charge is 0.246 e. The molecule has 1 aromatic heterocycles. The lowest BCUT2D eigenvalue weighted by Crippen LogP contribution is -2.68. The maximum atomic E-state index is 12.7. The van der Waals surface area contributed by atoms with Gasteiger partial charge in [-0.1, -0.05) is 31.9 Å². The molecule has 0 bridgehead atoms. The second-order valence-corrected chi connectivity index (χ2v) is 7.37. The van der Waals surface area contributed by atoms with Gasteiger partial charge in [0.1, 0.15) is 11.6 Å². The van der Waals surface area contributed by atoms with Crippen LogP contribution in [0.25, 0.3) is 0 Å². The van der Waals surface area contributed by atoms with Crippen LogP contribution in [0.5, 0.6) is 0 Å². The lowest BCUT2D eigenvalue weighted by atomic mass is 9.89. The highest BCUT2D eigenvalue weighted by atomic mass is 35.5. The van der Waals surface area contributed by atoms with Crippen LogP contribution >= 0.6 is 22.9 Å². The van der Waals surface area contributed by atoms with Gasteiger partial charge in [-0.15, -0.1) is 11.3 Å². The second-order valence-electron chi connectivity index (χ2n) is 5.57. The molecule has 2 atom stereocenters. The van der Waals surface area contributed by atoms with Crippen LogP contribution in [-0.2, 0) is 16.1 Å². The monoisotopic (exact) mass is 328 g/mol. The summed E-state index contributed by atoms with van der Waals surface area (Å²) in [4.78, 5) is 27.9. The zero-order valence-corrected chi connectivity index (χ0v) is 14.2. The summed E-state index contributed by atoms with van der Waals surface area (Å²) in [7, 11) is 0. The Bertz CT molecular complexity index is 546. The molecule has 1 N–H and O–H groups in total. The average molecular weight is 329 g/mol. The molecule has 0 aromatic carbocycles. The predicted octanol–water partition coefficient (Wildman–Crippen LogP) is 3.20. The number of rotatable bonds is 5. The van der Waals surface area contributed by atoms with E-state index in [1.165, 1.54) is 11.3 Å². The summed E-state index contributed by atoms with van der Waals surface area (Å²) >= 11 is 7.41. The van der Waals surface area contributed by atoms with Gasteiger partial charge < -0.3 is 10.2 Å². The van der Waals surface area contributed by atoms with E-state index in [9.17, 15) is 9.59 Å². The van der Waals surface area contributed by atoms with E-state index in [0.717, 1.165) is 11.3 Å². The number of carbonyl (C=O) groups is 2. The van der Waals surface area contributed by atoms with E-state index in [-0.39, 0.29) is 11.8 Å². The molecule has 4 nitrogen and oxygen atoms in total. The van der Waals surface area contributed by atoms with Crippen LogP contribution in [-0.4, -0.2) is 28.3 Å². The zero-order chi connectivity index (χ0) is 15.6. The molecule has 2 amide bonds. The number of amides is 2. The van der Waals surface area contributed by atoms with Crippen LogP contribution in [0.3, 0.4) is 0 Å². The molecule has 6 heteroatoms. The lowest BCUT2D eigenvalue weighted by molar-refractivity contribution is -0.157. The summed E-state index contributed by atoms with van der Waals surface area (Å²) in [5.74, 6) is -0.0592. The van der Waals surface area contributed by atoms with Gasteiger partial charge in [-0.25, -0.2) is 0 Å². The van der Waals surface area contributed by atoms with Crippen molar-refractivity contribution in [2.75, 3.05) is 0 Å². The van der Waals surface area contributed by atoms with E-state index in [1.807, 2.05) is 32.9 Å². The van der Waals surface area contributed by atoms with Gasteiger partial charge in [-0.2, -0.15) is 0 Å². The molecule has 1 fully saturated rings. The van der Waals surface area contributed by atoms with E-state index in [0.29, 0.717) is 23.7 Å². The molecule has 2 rings (SSSR count). The fourth-order valence-corrected chi connectivity index (χ4v) is 3.69. The Kier molecular flexibility index (Phi) is 4.94. The van der Waals surface area contributed by atoms with Crippen molar-refractivity contribution >= 4 is 34.8 Å². The van der Waals surface area contributed by atoms with Gasteiger partial charge in [-0.3, -0.25) is 9.59 Å². The topological polar surface area (TPSA) is 49.4 Å². The van der Waals surface area contributed by atoms with Crippen molar-refractivity contribution in [2.24, 2.45) is 0 Å². The highest BCUT2D eigenvalue weighted by Crippen LogP contribution is 2.31. The van der Waals surface area contributed by atoms with Crippen LogP contribution in [0.1, 0.15) is 44.9 Å². The molecule has 0 radical (unpaired) electrons. The lowest BCUT2D eigenvalue weighted by Gasteiger charge is -2.45. The highest BCUT2D eigenvalue weighted by molar-refractivity contribution is 7.16. The largest absolute Gasteiger partial charge is 0.342 e. The summed E-state index contributed by atoms with van der Waals surface area (Å²) < 4.78 is 0.696. The molecule has 116 valence electrons. The molecule has 2 unspecified atom stereocenters. The maximum absolute atomic E-state index is 12.7. The van der Waals surface area contributed by atoms with E-state index < -0.39 is 11.6 Å². The van der Waals surface area contributed by atoms with Gasteiger partial charge in [0.25, 0.3) is 0 Å². The molecular formula is C15H21ClN2O2S. The van der Waals surface area contributed by atoms with Crippen LogP contribution in [0.4, 0.5) is 0 Å². The minimum absolute atomic E-state index is 0.00493. The number of carbonyl (C=O) groups excluding carboxylic acids is 2. The SMILES string of the molecule is CCCC1NC(=O)C(C)(CC)N(Cc2ccc(Cl)s2)C1=O. The Hall–Kier alpha value is -1.07. The summed E-state index contributed by atoms with van der Waals surface area (Å²) in [6.45, 7) is 6.21. The molecular weight excluding hydrogens is 308 g/mol. The third-order valence-corrected chi connectivity index (χ3v) is 5.38. The summed E-state index contributed by atoms with van der Waals surface area (Å²) in [6.07, 6.45) is 2.12. The third-order valence-electron chi connectivity index (χ3n) is 4.16. The molecule has 21 heavy (non-hydrogen) atoms. The first-order chi connectivity index (χ1) is 9.92. The molecule has 1 aromatic rings. The van der Waals surface area contributed by atoms with Crippen molar-refractivity contribution in [3.63, 3.8) is 0 Å². The summed E-state index contributed by atoms with van der Waals surface area (Å²) in [6, 6.07) is 3.33. The van der Waals surface area contributed by atoms with Gasteiger partial charge in [0.15, 0.2) is 0 Å². The number of hydrogen-bond acceptors (Lipinski definition) is 3. The Morgan fingerprint density at radius 2 is 2.10 bits per heavy atom. The van der Waals surface area contributed by atoms with Gasteiger partial charge >= 0.3 is 0 Å². The highest BCUT2D eigenvalue weighted by Gasteiger charge is 2.47. The molecule has 1 saturated heterocycles. The van der Waals surface area contributed by atoms with Crippen molar-refractivity contribution in [3.05, 3.63) is 21.3 Å². The van der Waals surface area contributed by atoms with E-state index in [2.05, 4.69) is 5.32 Å². The van der Waals surface area contributed by atoms with Crippen molar-refractivity contribution in [3.8, 4) is 0 Å². The van der Waals surface area contributed by atoms with Gasteiger partial charge in [0.2, 0.25) is 11.8 Å². The summed E-state index contributed by atoms with van der Waals surface area (Å²) in [5.41, 5.74) is -0.794. The molecule has 0 saturated carbocycles. The Balaban J connectivity index is 2.30. The van der Waals surface area contributed by atoms with Crippen molar-refractivity contribution in [1.29, 1.82) is 0 Å². The van der Waals surface area contributed by atoms with E-state index >= 15 is 0 Å². The van der Waals surface area contributed by atoms with Crippen LogP contribution in [0.2, 0.25) is 4.34 Å². The number of thiophene rings is 1. The first kappa shape index (κ1) is 16.3. The third kappa shape index (κ3) is 3.09. The van der Waals surface area contributed by atoms with Crippen molar-refractivity contribution in [1.82, 2.24) is 10.2 Å². The van der Waals surface area contributed by atoms with Crippen LogP contribution in [0.15, 0.2) is 12.1 Å². The summed E-state index contributed by atoms with van der Waals surface area (Å²) in [5, 5.41) is 2.88. The van der Waals surface area contributed by atoms with E-state index in [4.69, 9.17) is 11.6 Å². The first-order valence-electron chi connectivity index (χ1n) is 7.29. The Morgan fingerprint density at radius 3 is 2.62 bits per heavy atom. The maximum Gasteiger partial charge on any atom is 0.246 e. The van der Waals surface area contributed by atoms with Crippen LogP contribution in [0, 0.1) is 0 Å². The number of piperazine rings is 1. The molecule has 1 aliphatic heterocycles. The quantitative estimate of drug-likeness (QED) is 0.902. The van der Waals surface area contributed by atoms with Crippen molar-refractivity contribution in [2.45, 2.75) is 58.2 Å². The van der Waals surface area contributed by atoms with E-state index in [1.54, 1.807) is 4.90 Å². The van der Waals surface area contributed by atoms with Crippen LogP contribution < -0.4 is 5.32 Å². The standard InChI is InChI=1S/C15H21ClN2O2S/c1-4-6-11-13(19)18(9-10-7-8-12(16)21-10)15(3,5-2)14(20)17-11/h7-8,11H,4-6,9H2,1-3H3,(H,17,20). The normalized spacial score (nSPS) is 26.1. The van der Waals surface area contributed by atoms with Gasteiger partial charge in [-0.05, 0) is 31.9 Å². The average Bonchev–Trinajstić information content (AvgIpc) is 2.86. The molecule has 0 spiro atoms. The molecule has 0 aliphatic carbocycles. The van der Waals surface area contributed by atoms with Crippen molar-refractivity contribution < 1.29 is 9.59 Å². The number of hydrogen-bond donors (Lipinski definition) is 1.